The maximum atomic E-state index is 5.59. The molecule has 112 valence electrons. The van der Waals surface area contributed by atoms with Crippen LogP contribution in [-0.4, -0.2) is 61.1 Å². The highest BCUT2D eigenvalue weighted by Gasteiger charge is 2.17. The highest BCUT2D eigenvalue weighted by Crippen LogP contribution is 2.16. The van der Waals surface area contributed by atoms with Gasteiger partial charge in [0.05, 0.1) is 19.8 Å². The topological polar surface area (TPSA) is 108 Å². The number of nitrogens with zero attached hydrogens (tertiary/aromatic N) is 4. The minimum atomic E-state index is -0.162. The standard InChI is InChI=1S/C11H20N6O3/c1-8(7-18-2)20-11-14-9(16-12)13-10(15-11)17-3-5-19-6-4-17/h8H,3-7,12H2,1-2H3,(H,13,14,15,16). The van der Waals surface area contributed by atoms with Crippen molar-refractivity contribution in [1.82, 2.24) is 15.0 Å². The first-order valence-corrected chi connectivity index (χ1v) is 6.44. The average molecular weight is 284 g/mol. The van der Waals surface area contributed by atoms with E-state index in [0.29, 0.717) is 25.8 Å². The molecule has 0 radical (unpaired) electrons. The summed E-state index contributed by atoms with van der Waals surface area (Å²) in [6.45, 7) is 5.06. The average Bonchev–Trinajstić information content (AvgIpc) is 2.48. The van der Waals surface area contributed by atoms with Crippen molar-refractivity contribution in [2.75, 3.05) is 50.3 Å². The second kappa shape index (κ2) is 7.17. The summed E-state index contributed by atoms with van der Waals surface area (Å²) in [5.41, 5.74) is 2.42. The molecule has 1 unspecified atom stereocenters. The SMILES string of the molecule is COCC(C)Oc1nc(NN)nc(N2CCOCC2)n1. The van der Waals surface area contributed by atoms with Gasteiger partial charge in [-0.25, -0.2) is 5.84 Å². The minimum Gasteiger partial charge on any atom is -0.458 e. The van der Waals surface area contributed by atoms with Gasteiger partial charge in [0, 0.05) is 20.2 Å². The third kappa shape index (κ3) is 3.89. The molecule has 1 aromatic heterocycles. The molecule has 9 nitrogen and oxygen atoms in total. The Kier molecular flexibility index (Phi) is 5.27. The Morgan fingerprint density at radius 2 is 2.10 bits per heavy atom. The third-order valence-corrected chi connectivity index (χ3v) is 2.73. The molecule has 1 aliphatic rings. The Balaban J connectivity index is 2.14. The molecule has 20 heavy (non-hydrogen) atoms. The van der Waals surface area contributed by atoms with Gasteiger partial charge < -0.3 is 19.1 Å². The van der Waals surface area contributed by atoms with Gasteiger partial charge in [0.15, 0.2) is 0 Å². The number of hydrazine groups is 1. The Morgan fingerprint density at radius 3 is 2.75 bits per heavy atom. The molecule has 0 spiro atoms. The summed E-state index contributed by atoms with van der Waals surface area (Å²) in [5, 5.41) is 0. The number of hydrogen-bond donors (Lipinski definition) is 2. The van der Waals surface area contributed by atoms with Gasteiger partial charge in [0.25, 0.3) is 0 Å². The van der Waals surface area contributed by atoms with Crippen molar-refractivity contribution in [2.24, 2.45) is 5.84 Å². The van der Waals surface area contributed by atoms with Gasteiger partial charge in [0.2, 0.25) is 11.9 Å². The molecule has 0 aromatic carbocycles. The van der Waals surface area contributed by atoms with Crippen LogP contribution in [0.15, 0.2) is 0 Å². The van der Waals surface area contributed by atoms with E-state index in [0.717, 1.165) is 13.1 Å². The second-order valence-electron chi connectivity index (χ2n) is 4.37. The van der Waals surface area contributed by atoms with Crippen LogP contribution in [0.2, 0.25) is 0 Å². The van der Waals surface area contributed by atoms with Gasteiger partial charge >= 0.3 is 6.01 Å². The number of anilines is 2. The number of ether oxygens (including phenoxy) is 3. The second-order valence-corrected chi connectivity index (χ2v) is 4.37. The van der Waals surface area contributed by atoms with E-state index in [4.69, 9.17) is 20.1 Å². The molecule has 1 aliphatic heterocycles. The fraction of sp³-hybridized carbons (Fsp3) is 0.727. The number of nitrogens with one attached hydrogen (secondary N) is 1. The predicted octanol–water partition coefficient (Wildman–Crippen LogP) is -0.592. The molecule has 2 heterocycles. The van der Waals surface area contributed by atoms with Crippen molar-refractivity contribution in [3.63, 3.8) is 0 Å². The molecular weight excluding hydrogens is 264 g/mol. The number of nitrogen functional groups attached to an aromatic ring is 1. The van der Waals surface area contributed by atoms with E-state index in [1.54, 1.807) is 7.11 Å². The number of aromatic nitrogens is 3. The van der Waals surface area contributed by atoms with Crippen LogP contribution in [0, 0.1) is 0 Å². The molecule has 1 fully saturated rings. The maximum Gasteiger partial charge on any atom is 0.323 e. The van der Waals surface area contributed by atoms with Gasteiger partial charge in [0.1, 0.15) is 6.10 Å². The highest BCUT2D eigenvalue weighted by atomic mass is 16.5. The summed E-state index contributed by atoms with van der Waals surface area (Å²) in [4.78, 5) is 14.6. The summed E-state index contributed by atoms with van der Waals surface area (Å²) in [6, 6.07) is 0.221. The maximum absolute atomic E-state index is 5.59. The number of rotatable bonds is 6. The molecule has 0 amide bonds. The van der Waals surface area contributed by atoms with Crippen molar-refractivity contribution in [2.45, 2.75) is 13.0 Å². The Morgan fingerprint density at radius 1 is 1.35 bits per heavy atom. The number of morpholine rings is 1. The first kappa shape index (κ1) is 14.7. The van der Waals surface area contributed by atoms with E-state index in [1.807, 2.05) is 11.8 Å². The van der Waals surface area contributed by atoms with E-state index in [2.05, 4.69) is 20.4 Å². The van der Waals surface area contributed by atoms with Crippen LogP contribution in [0.5, 0.6) is 6.01 Å². The Bertz CT molecular complexity index is 427. The largest absolute Gasteiger partial charge is 0.458 e. The molecule has 9 heteroatoms. The minimum absolute atomic E-state index is 0.162. The molecule has 1 aromatic rings. The van der Waals surface area contributed by atoms with Gasteiger partial charge in [-0.3, -0.25) is 5.43 Å². The Hall–Kier alpha value is -1.71. The molecule has 2 rings (SSSR count). The van der Waals surface area contributed by atoms with Crippen LogP contribution in [0.25, 0.3) is 0 Å². The third-order valence-electron chi connectivity index (χ3n) is 2.73. The summed E-state index contributed by atoms with van der Waals surface area (Å²) in [5.74, 6) is 6.17. The zero-order valence-corrected chi connectivity index (χ0v) is 11.7. The highest BCUT2D eigenvalue weighted by molar-refractivity contribution is 5.38. The molecule has 0 aliphatic carbocycles. The zero-order chi connectivity index (χ0) is 14.4. The first-order chi connectivity index (χ1) is 9.72. The van der Waals surface area contributed by atoms with Crippen molar-refractivity contribution in [3.05, 3.63) is 0 Å². The lowest BCUT2D eigenvalue weighted by Gasteiger charge is -2.27. The van der Waals surface area contributed by atoms with E-state index in [1.165, 1.54) is 0 Å². The molecule has 1 atom stereocenters. The van der Waals surface area contributed by atoms with Crippen molar-refractivity contribution >= 4 is 11.9 Å². The monoisotopic (exact) mass is 284 g/mol. The summed E-state index contributed by atoms with van der Waals surface area (Å²) >= 11 is 0. The molecule has 3 N–H and O–H groups in total. The Labute approximate surface area is 117 Å². The number of nitrogens with two attached hydrogens (primary N) is 1. The van der Waals surface area contributed by atoms with Crippen LogP contribution in [0.1, 0.15) is 6.92 Å². The van der Waals surface area contributed by atoms with Crippen LogP contribution in [-0.2, 0) is 9.47 Å². The van der Waals surface area contributed by atoms with Crippen LogP contribution >= 0.6 is 0 Å². The normalized spacial score (nSPS) is 16.9. The van der Waals surface area contributed by atoms with E-state index >= 15 is 0 Å². The quantitative estimate of drug-likeness (QED) is 0.523. The van der Waals surface area contributed by atoms with Crippen molar-refractivity contribution < 1.29 is 14.2 Å². The van der Waals surface area contributed by atoms with E-state index in [-0.39, 0.29) is 18.1 Å². The first-order valence-electron chi connectivity index (χ1n) is 6.44. The summed E-state index contributed by atoms with van der Waals surface area (Å²) in [6.07, 6.45) is -0.162. The smallest absolute Gasteiger partial charge is 0.323 e. The van der Waals surface area contributed by atoms with E-state index < -0.39 is 0 Å². The van der Waals surface area contributed by atoms with E-state index in [9.17, 15) is 0 Å². The van der Waals surface area contributed by atoms with Gasteiger partial charge in [-0.05, 0) is 6.92 Å². The summed E-state index contributed by atoms with van der Waals surface area (Å²) in [7, 11) is 1.61. The van der Waals surface area contributed by atoms with Gasteiger partial charge in [-0.2, -0.15) is 15.0 Å². The lowest BCUT2D eigenvalue weighted by Crippen LogP contribution is -2.37. The van der Waals surface area contributed by atoms with Crippen LogP contribution < -0.4 is 20.9 Å². The van der Waals surface area contributed by atoms with Crippen LogP contribution in [0.3, 0.4) is 0 Å². The zero-order valence-electron chi connectivity index (χ0n) is 11.7. The lowest BCUT2D eigenvalue weighted by atomic mass is 10.4. The fourth-order valence-electron chi connectivity index (χ4n) is 1.82. The number of methoxy groups -OCH3 is 1. The molecule has 1 saturated heterocycles. The van der Waals surface area contributed by atoms with Crippen molar-refractivity contribution in [3.8, 4) is 6.01 Å². The van der Waals surface area contributed by atoms with Crippen molar-refractivity contribution in [1.29, 1.82) is 0 Å². The number of hydrogen-bond acceptors (Lipinski definition) is 9. The fourth-order valence-corrected chi connectivity index (χ4v) is 1.82. The van der Waals surface area contributed by atoms with Crippen LogP contribution in [0.4, 0.5) is 11.9 Å². The van der Waals surface area contributed by atoms with Gasteiger partial charge in [-0.1, -0.05) is 0 Å². The molecule has 0 bridgehead atoms. The summed E-state index contributed by atoms with van der Waals surface area (Å²) < 4.78 is 15.9. The predicted molar refractivity (Wildman–Crippen MR) is 72.6 cm³/mol. The molecule has 0 saturated carbocycles. The molecular formula is C11H20N6O3. The lowest BCUT2D eigenvalue weighted by molar-refractivity contribution is 0.0853. The van der Waals surface area contributed by atoms with Gasteiger partial charge in [-0.15, -0.1) is 0 Å².